The Balaban J connectivity index is 2.13. The van der Waals surface area contributed by atoms with Crippen LogP contribution in [0.1, 0.15) is 19.3 Å². The number of benzene rings is 1. The fourth-order valence-corrected chi connectivity index (χ4v) is 3.53. The molecule has 0 radical (unpaired) electrons. The van der Waals surface area contributed by atoms with Crippen LogP contribution in [-0.4, -0.2) is 10.5 Å². The molecule has 1 saturated carbocycles. The molecule has 0 spiro atoms. The molecule has 1 aliphatic rings. The van der Waals surface area contributed by atoms with Crippen molar-refractivity contribution in [3.8, 4) is 12.3 Å². The second-order valence-corrected chi connectivity index (χ2v) is 6.31. The van der Waals surface area contributed by atoms with Crippen LogP contribution in [0.5, 0.6) is 0 Å². The van der Waals surface area contributed by atoms with E-state index in [-0.39, 0.29) is 11.8 Å². The van der Waals surface area contributed by atoms with Crippen LogP contribution < -0.4 is 4.80 Å². The number of aromatic nitrogens is 1. The molecule has 1 aromatic heterocycles. The molecule has 3 rings (SSSR count). The molecule has 0 saturated heterocycles. The van der Waals surface area contributed by atoms with Crippen molar-refractivity contribution in [1.29, 1.82) is 0 Å². The third-order valence-corrected chi connectivity index (χ3v) is 4.83. The first-order valence-corrected chi connectivity index (χ1v) is 7.69. The molecule has 1 aliphatic carbocycles. The molecule has 0 N–H and O–H groups in total. The molecule has 1 fully saturated rings. The van der Waals surface area contributed by atoms with Crippen molar-refractivity contribution in [3.63, 3.8) is 0 Å². The van der Waals surface area contributed by atoms with Gasteiger partial charge >= 0.3 is 0 Å². The standard InChI is InChI=1S/C15H13ClN2OS/c1-2-8-18-12-7-6-11(16)9-13(12)20-15(18)17-14(19)10-4-3-5-10/h1,6-7,9-10H,3-5,8H2. The maximum Gasteiger partial charge on any atom is 0.251 e. The Kier molecular flexibility index (Phi) is 3.64. The third kappa shape index (κ3) is 2.39. The zero-order valence-electron chi connectivity index (χ0n) is 10.8. The van der Waals surface area contributed by atoms with Crippen LogP contribution >= 0.6 is 22.9 Å². The first kappa shape index (κ1) is 13.4. The average molecular weight is 305 g/mol. The van der Waals surface area contributed by atoms with E-state index < -0.39 is 0 Å². The summed E-state index contributed by atoms with van der Waals surface area (Å²) in [5.74, 6) is 2.69. The van der Waals surface area contributed by atoms with Crippen molar-refractivity contribution in [1.82, 2.24) is 4.57 Å². The van der Waals surface area contributed by atoms with Gasteiger partial charge in [-0.25, -0.2) is 0 Å². The Morgan fingerprint density at radius 2 is 2.35 bits per heavy atom. The Bertz CT molecular complexity index is 777. The number of hydrogen-bond acceptors (Lipinski definition) is 2. The number of terminal acetylenes is 1. The molecule has 2 aromatic rings. The number of rotatable bonds is 2. The summed E-state index contributed by atoms with van der Waals surface area (Å²) >= 11 is 7.46. The van der Waals surface area contributed by atoms with E-state index in [1.807, 2.05) is 22.8 Å². The molecule has 102 valence electrons. The molecule has 0 bridgehead atoms. The van der Waals surface area contributed by atoms with E-state index in [4.69, 9.17) is 18.0 Å². The van der Waals surface area contributed by atoms with Gasteiger partial charge in [-0.05, 0) is 31.0 Å². The van der Waals surface area contributed by atoms with Crippen molar-refractivity contribution in [2.24, 2.45) is 10.9 Å². The average Bonchev–Trinajstić information content (AvgIpc) is 2.64. The smallest absolute Gasteiger partial charge is 0.251 e. The van der Waals surface area contributed by atoms with E-state index in [9.17, 15) is 4.79 Å². The quantitative estimate of drug-likeness (QED) is 0.784. The first-order valence-electron chi connectivity index (χ1n) is 6.50. The van der Waals surface area contributed by atoms with Crippen LogP contribution in [0.3, 0.4) is 0 Å². The minimum atomic E-state index is -0.0281. The molecule has 5 heteroatoms. The Morgan fingerprint density at radius 1 is 1.55 bits per heavy atom. The summed E-state index contributed by atoms with van der Waals surface area (Å²) in [5, 5.41) is 0.670. The van der Waals surface area contributed by atoms with Gasteiger partial charge in [0, 0.05) is 10.9 Å². The molecule has 3 nitrogen and oxygen atoms in total. The number of thiazole rings is 1. The van der Waals surface area contributed by atoms with Crippen molar-refractivity contribution in [2.45, 2.75) is 25.8 Å². The molecule has 0 aliphatic heterocycles. The lowest BCUT2D eigenvalue weighted by molar-refractivity contribution is -0.124. The van der Waals surface area contributed by atoms with E-state index in [0.717, 1.165) is 29.5 Å². The fraction of sp³-hybridized carbons (Fsp3) is 0.333. The van der Waals surface area contributed by atoms with Crippen molar-refractivity contribution >= 4 is 39.1 Å². The fourth-order valence-electron chi connectivity index (χ4n) is 2.22. The van der Waals surface area contributed by atoms with Gasteiger partial charge in [-0.2, -0.15) is 4.99 Å². The summed E-state index contributed by atoms with van der Waals surface area (Å²) in [4.78, 5) is 17.0. The molecular formula is C15H13ClN2OS. The molecule has 1 amide bonds. The normalized spacial score (nSPS) is 16.1. The highest BCUT2D eigenvalue weighted by Crippen LogP contribution is 2.27. The summed E-state index contributed by atoms with van der Waals surface area (Å²) in [6, 6.07) is 5.61. The summed E-state index contributed by atoms with van der Waals surface area (Å²) < 4.78 is 2.89. The highest BCUT2D eigenvalue weighted by molar-refractivity contribution is 7.16. The number of hydrogen-bond donors (Lipinski definition) is 0. The van der Waals surface area contributed by atoms with Gasteiger partial charge in [-0.1, -0.05) is 35.3 Å². The Hall–Kier alpha value is -1.57. The second-order valence-electron chi connectivity index (χ2n) is 4.86. The number of carbonyl (C=O) groups excluding carboxylic acids is 1. The number of fused-ring (bicyclic) bond motifs is 1. The molecule has 1 heterocycles. The van der Waals surface area contributed by atoms with Crippen LogP contribution in [-0.2, 0) is 11.3 Å². The van der Waals surface area contributed by atoms with Gasteiger partial charge in [0.05, 0.1) is 16.8 Å². The van der Waals surface area contributed by atoms with Crippen molar-refractivity contribution < 1.29 is 4.79 Å². The Morgan fingerprint density at radius 3 is 3.00 bits per heavy atom. The lowest BCUT2D eigenvalue weighted by Gasteiger charge is -2.20. The van der Waals surface area contributed by atoms with Crippen LogP contribution in [0.15, 0.2) is 23.2 Å². The summed E-state index contributed by atoms with van der Waals surface area (Å²) in [5.41, 5.74) is 0.970. The Labute approximate surface area is 125 Å². The highest BCUT2D eigenvalue weighted by atomic mass is 35.5. The van der Waals surface area contributed by atoms with Crippen LogP contribution in [0.25, 0.3) is 10.2 Å². The molecule has 20 heavy (non-hydrogen) atoms. The molecule has 0 atom stereocenters. The van der Waals surface area contributed by atoms with Crippen LogP contribution in [0, 0.1) is 18.3 Å². The van der Waals surface area contributed by atoms with E-state index in [1.54, 1.807) is 0 Å². The van der Waals surface area contributed by atoms with E-state index in [0.29, 0.717) is 16.4 Å². The van der Waals surface area contributed by atoms with Gasteiger partial charge in [-0.15, -0.1) is 6.42 Å². The largest absolute Gasteiger partial charge is 0.305 e. The predicted octanol–water partition coefficient (Wildman–Crippen LogP) is 3.22. The predicted molar refractivity (Wildman–Crippen MR) is 81.6 cm³/mol. The van der Waals surface area contributed by atoms with Gasteiger partial charge in [0.2, 0.25) is 0 Å². The summed E-state index contributed by atoms with van der Waals surface area (Å²) in [7, 11) is 0. The number of amides is 1. The van der Waals surface area contributed by atoms with Crippen molar-refractivity contribution in [3.05, 3.63) is 28.0 Å². The zero-order valence-corrected chi connectivity index (χ0v) is 12.4. The van der Waals surface area contributed by atoms with Gasteiger partial charge in [-0.3, -0.25) is 4.79 Å². The summed E-state index contributed by atoms with van der Waals surface area (Å²) in [6.45, 7) is 0.401. The molecular weight excluding hydrogens is 292 g/mol. The lowest BCUT2D eigenvalue weighted by Crippen LogP contribution is -2.24. The lowest BCUT2D eigenvalue weighted by atomic mass is 9.85. The van der Waals surface area contributed by atoms with E-state index in [1.165, 1.54) is 11.3 Å². The van der Waals surface area contributed by atoms with E-state index >= 15 is 0 Å². The zero-order chi connectivity index (χ0) is 14.1. The number of carbonyl (C=O) groups is 1. The minimum absolute atomic E-state index is 0.0281. The number of halogens is 1. The minimum Gasteiger partial charge on any atom is -0.305 e. The highest BCUT2D eigenvalue weighted by Gasteiger charge is 2.25. The van der Waals surface area contributed by atoms with Gasteiger partial charge in [0.1, 0.15) is 0 Å². The third-order valence-electron chi connectivity index (χ3n) is 3.55. The molecule has 0 unspecified atom stereocenters. The SMILES string of the molecule is C#CCn1c(=NC(=O)C2CCC2)sc2cc(Cl)ccc21. The number of nitrogens with zero attached hydrogens (tertiary/aromatic N) is 2. The van der Waals surface area contributed by atoms with Gasteiger partial charge in [0.25, 0.3) is 5.91 Å². The van der Waals surface area contributed by atoms with Crippen LogP contribution in [0.4, 0.5) is 0 Å². The first-order chi connectivity index (χ1) is 9.69. The van der Waals surface area contributed by atoms with Crippen molar-refractivity contribution in [2.75, 3.05) is 0 Å². The maximum absolute atomic E-state index is 12.0. The monoisotopic (exact) mass is 304 g/mol. The van der Waals surface area contributed by atoms with Gasteiger partial charge < -0.3 is 4.57 Å². The maximum atomic E-state index is 12.0. The molecule has 1 aromatic carbocycles. The topological polar surface area (TPSA) is 34.4 Å². The van der Waals surface area contributed by atoms with Gasteiger partial charge in [0.15, 0.2) is 4.80 Å². The summed E-state index contributed by atoms with van der Waals surface area (Å²) in [6.07, 6.45) is 8.45. The second kappa shape index (κ2) is 5.43. The van der Waals surface area contributed by atoms with Crippen LogP contribution in [0.2, 0.25) is 5.02 Å². The van der Waals surface area contributed by atoms with E-state index in [2.05, 4.69) is 10.9 Å².